The number of nitrogens with zero attached hydrogens (tertiary/aromatic N) is 3. The number of nitrogens with one attached hydrogen (secondary N) is 1. The van der Waals surface area contributed by atoms with Crippen molar-refractivity contribution in [2.24, 2.45) is 0 Å². The van der Waals surface area contributed by atoms with Crippen LogP contribution in [0.3, 0.4) is 0 Å². The van der Waals surface area contributed by atoms with Gasteiger partial charge >= 0.3 is 0 Å². The fourth-order valence-electron chi connectivity index (χ4n) is 3.80. The molecule has 0 radical (unpaired) electrons. The summed E-state index contributed by atoms with van der Waals surface area (Å²) in [5.41, 5.74) is 2.17. The summed E-state index contributed by atoms with van der Waals surface area (Å²) in [6.07, 6.45) is 6.96. The Bertz CT molecular complexity index is 1190. The second kappa shape index (κ2) is 9.13. The highest BCUT2D eigenvalue weighted by atomic mass is 32.2. The summed E-state index contributed by atoms with van der Waals surface area (Å²) in [5, 5.41) is 2.95. The van der Waals surface area contributed by atoms with Gasteiger partial charge in [0.2, 0.25) is 10.0 Å². The molecule has 1 N–H and O–H groups in total. The van der Waals surface area contributed by atoms with Gasteiger partial charge in [0.15, 0.2) is 0 Å². The van der Waals surface area contributed by atoms with Gasteiger partial charge in [0.1, 0.15) is 10.6 Å². The molecule has 0 bridgehead atoms. The van der Waals surface area contributed by atoms with Gasteiger partial charge in [-0.3, -0.25) is 4.79 Å². The van der Waals surface area contributed by atoms with Crippen molar-refractivity contribution in [3.8, 4) is 11.4 Å². The van der Waals surface area contributed by atoms with Crippen molar-refractivity contribution in [2.75, 3.05) is 20.2 Å². The van der Waals surface area contributed by atoms with Gasteiger partial charge in [0.05, 0.1) is 19.5 Å². The summed E-state index contributed by atoms with van der Waals surface area (Å²) in [6, 6.07) is 12.0. The van der Waals surface area contributed by atoms with Crippen LogP contribution in [0.25, 0.3) is 5.69 Å². The third-order valence-electron chi connectivity index (χ3n) is 5.65. The molecular formula is C23H26N4O4S. The standard InChI is InChI=1S/C23H26N4O4S/c1-17(18-5-8-20(9-6-18)26-14-11-24-16-26)25-23(28)19-7-10-21(31-2)22(15-19)32(29,30)27-12-3-4-13-27/h5-11,14-17H,3-4,12-13H2,1-2H3,(H,25,28)/t17-/m0/s1. The minimum absolute atomic E-state index is 0.0203. The Balaban J connectivity index is 1.53. The third-order valence-corrected chi connectivity index (χ3v) is 7.57. The maximum Gasteiger partial charge on any atom is 0.251 e. The fraction of sp³-hybridized carbons (Fsp3) is 0.304. The van der Waals surface area contributed by atoms with Crippen LogP contribution in [0.4, 0.5) is 0 Å². The second-order valence-electron chi connectivity index (χ2n) is 7.73. The topological polar surface area (TPSA) is 93.5 Å². The predicted molar refractivity (Wildman–Crippen MR) is 120 cm³/mol. The lowest BCUT2D eigenvalue weighted by Crippen LogP contribution is -2.29. The van der Waals surface area contributed by atoms with Crippen molar-refractivity contribution in [1.82, 2.24) is 19.2 Å². The van der Waals surface area contributed by atoms with Crippen LogP contribution in [0, 0.1) is 0 Å². The first-order valence-electron chi connectivity index (χ1n) is 10.5. The Labute approximate surface area is 187 Å². The van der Waals surface area contributed by atoms with Crippen molar-refractivity contribution in [1.29, 1.82) is 0 Å². The molecule has 1 aliphatic heterocycles. The molecule has 4 rings (SSSR count). The van der Waals surface area contributed by atoms with E-state index >= 15 is 0 Å². The molecule has 2 aromatic carbocycles. The molecule has 0 saturated carbocycles. The van der Waals surface area contributed by atoms with Gasteiger partial charge in [-0.2, -0.15) is 4.31 Å². The number of rotatable bonds is 7. The summed E-state index contributed by atoms with van der Waals surface area (Å²) in [7, 11) is -2.30. The van der Waals surface area contributed by atoms with Crippen molar-refractivity contribution in [2.45, 2.75) is 30.7 Å². The first kappa shape index (κ1) is 22.0. The maximum absolute atomic E-state index is 13.1. The van der Waals surface area contributed by atoms with Crippen LogP contribution < -0.4 is 10.1 Å². The Morgan fingerprint density at radius 1 is 1.12 bits per heavy atom. The molecule has 3 aromatic rings. The van der Waals surface area contributed by atoms with Gasteiger partial charge < -0.3 is 14.6 Å². The number of amides is 1. The monoisotopic (exact) mass is 454 g/mol. The second-order valence-corrected chi connectivity index (χ2v) is 9.64. The van der Waals surface area contributed by atoms with Crippen molar-refractivity contribution >= 4 is 15.9 Å². The van der Waals surface area contributed by atoms with E-state index in [1.54, 1.807) is 18.6 Å². The number of aromatic nitrogens is 2. The van der Waals surface area contributed by atoms with Crippen LogP contribution in [0.5, 0.6) is 5.75 Å². The number of ether oxygens (including phenoxy) is 1. The molecule has 0 unspecified atom stereocenters. The predicted octanol–water partition coefficient (Wildman–Crippen LogP) is 3.16. The van der Waals surface area contributed by atoms with Crippen LogP contribution in [-0.2, 0) is 10.0 Å². The van der Waals surface area contributed by atoms with E-state index in [1.807, 2.05) is 42.0 Å². The number of sulfonamides is 1. The van der Waals surface area contributed by atoms with E-state index in [4.69, 9.17) is 4.74 Å². The number of methoxy groups -OCH3 is 1. The van der Waals surface area contributed by atoms with Crippen molar-refractivity contribution in [3.05, 3.63) is 72.3 Å². The first-order chi connectivity index (χ1) is 15.4. The molecule has 32 heavy (non-hydrogen) atoms. The molecule has 0 spiro atoms. The van der Waals surface area contributed by atoms with Crippen molar-refractivity contribution < 1.29 is 17.9 Å². The molecule has 2 heterocycles. The van der Waals surface area contributed by atoms with E-state index in [1.165, 1.54) is 23.5 Å². The molecule has 1 amide bonds. The molecule has 1 fully saturated rings. The summed E-state index contributed by atoms with van der Waals surface area (Å²) in [6.45, 7) is 2.84. The van der Waals surface area contributed by atoms with Crippen molar-refractivity contribution in [3.63, 3.8) is 0 Å². The number of hydrogen-bond donors (Lipinski definition) is 1. The Hall–Kier alpha value is -3.17. The smallest absolute Gasteiger partial charge is 0.251 e. The highest BCUT2D eigenvalue weighted by molar-refractivity contribution is 7.89. The number of carbonyl (C=O) groups excluding carboxylic acids is 1. The molecule has 9 heteroatoms. The van der Waals surface area contributed by atoms with E-state index in [9.17, 15) is 13.2 Å². The normalized spacial score (nSPS) is 15.4. The molecule has 1 atom stereocenters. The Kier molecular flexibility index (Phi) is 6.29. The molecule has 1 aliphatic rings. The van der Waals surface area contributed by atoms with Crippen LogP contribution in [0.15, 0.2) is 66.1 Å². The molecule has 0 aliphatic carbocycles. The van der Waals surface area contributed by atoms with Gasteiger partial charge in [0, 0.05) is 36.7 Å². The average molecular weight is 455 g/mol. The van der Waals surface area contributed by atoms with Gasteiger partial charge in [-0.05, 0) is 55.7 Å². The Morgan fingerprint density at radius 3 is 2.47 bits per heavy atom. The van der Waals surface area contributed by atoms with Crippen LogP contribution in [-0.4, -0.2) is 48.4 Å². The van der Waals surface area contributed by atoms with E-state index in [0.29, 0.717) is 13.1 Å². The van der Waals surface area contributed by atoms with E-state index in [-0.39, 0.29) is 28.2 Å². The summed E-state index contributed by atoms with van der Waals surface area (Å²) < 4.78 is 34.8. The molecular weight excluding hydrogens is 428 g/mol. The van der Waals surface area contributed by atoms with E-state index in [2.05, 4.69) is 10.3 Å². The summed E-state index contributed by atoms with van der Waals surface area (Å²) in [5.74, 6) is -0.117. The highest BCUT2D eigenvalue weighted by Crippen LogP contribution is 2.30. The van der Waals surface area contributed by atoms with Gasteiger partial charge in [-0.1, -0.05) is 12.1 Å². The van der Waals surface area contributed by atoms with Crippen LogP contribution in [0.2, 0.25) is 0 Å². The SMILES string of the molecule is COc1ccc(C(=O)N[C@@H](C)c2ccc(-n3ccnc3)cc2)cc1S(=O)(=O)N1CCCC1. The van der Waals surface area contributed by atoms with Gasteiger partial charge in [0.25, 0.3) is 5.91 Å². The quantitative estimate of drug-likeness (QED) is 0.592. The van der Waals surface area contributed by atoms with Gasteiger partial charge in [-0.15, -0.1) is 0 Å². The molecule has 168 valence electrons. The van der Waals surface area contributed by atoms with Gasteiger partial charge in [-0.25, -0.2) is 13.4 Å². The lowest BCUT2D eigenvalue weighted by atomic mass is 10.1. The highest BCUT2D eigenvalue weighted by Gasteiger charge is 2.30. The minimum atomic E-state index is -3.72. The zero-order chi connectivity index (χ0) is 22.7. The lowest BCUT2D eigenvalue weighted by Gasteiger charge is -2.19. The zero-order valence-corrected chi connectivity index (χ0v) is 18.9. The number of benzene rings is 2. The largest absolute Gasteiger partial charge is 0.495 e. The molecule has 1 saturated heterocycles. The summed E-state index contributed by atoms with van der Waals surface area (Å²) >= 11 is 0. The maximum atomic E-state index is 13.1. The molecule has 8 nitrogen and oxygen atoms in total. The average Bonchev–Trinajstić information content (AvgIpc) is 3.53. The minimum Gasteiger partial charge on any atom is -0.495 e. The zero-order valence-electron chi connectivity index (χ0n) is 18.1. The lowest BCUT2D eigenvalue weighted by molar-refractivity contribution is 0.0939. The first-order valence-corrected chi connectivity index (χ1v) is 11.9. The van der Waals surface area contributed by atoms with Crippen LogP contribution >= 0.6 is 0 Å². The number of hydrogen-bond acceptors (Lipinski definition) is 5. The van der Waals surface area contributed by atoms with E-state index in [0.717, 1.165) is 24.1 Å². The van der Waals surface area contributed by atoms with E-state index < -0.39 is 10.0 Å². The number of carbonyl (C=O) groups is 1. The molecule has 1 aromatic heterocycles. The third kappa shape index (κ3) is 4.39. The van der Waals surface area contributed by atoms with Crippen LogP contribution in [0.1, 0.15) is 41.7 Å². The number of imidazole rings is 1. The fourth-order valence-corrected chi connectivity index (χ4v) is 5.50. The Morgan fingerprint density at radius 2 is 1.84 bits per heavy atom. The summed E-state index contributed by atoms with van der Waals surface area (Å²) in [4.78, 5) is 17.0.